The Kier molecular flexibility index (Phi) is 6.08. The van der Waals surface area contributed by atoms with Crippen molar-refractivity contribution in [3.05, 3.63) is 40.4 Å². The van der Waals surface area contributed by atoms with Crippen molar-refractivity contribution in [2.45, 2.75) is 19.4 Å². The molecular formula is C20H24ClN3O2S. The molecule has 1 aromatic heterocycles. The lowest BCUT2D eigenvalue weighted by atomic mass is 9.95. The second kappa shape index (κ2) is 8.69. The van der Waals surface area contributed by atoms with Crippen molar-refractivity contribution in [3.63, 3.8) is 0 Å². The summed E-state index contributed by atoms with van der Waals surface area (Å²) in [6.07, 6.45) is 1.86. The molecule has 27 heavy (non-hydrogen) atoms. The van der Waals surface area contributed by atoms with Gasteiger partial charge in [-0.15, -0.1) is 11.3 Å². The van der Waals surface area contributed by atoms with Gasteiger partial charge in [-0.1, -0.05) is 29.8 Å². The Bertz CT molecular complexity index is 783. The monoisotopic (exact) mass is 405 g/mol. The van der Waals surface area contributed by atoms with Gasteiger partial charge in [0.05, 0.1) is 23.9 Å². The Hall–Kier alpha value is -1.47. The van der Waals surface area contributed by atoms with Gasteiger partial charge >= 0.3 is 0 Å². The lowest BCUT2D eigenvalue weighted by molar-refractivity contribution is -0.141. The van der Waals surface area contributed by atoms with E-state index in [4.69, 9.17) is 21.3 Å². The first-order valence-electron chi connectivity index (χ1n) is 9.49. The molecule has 2 aliphatic heterocycles. The van der Waals surface area contributed by atoms with E-state index in [9.17, 15) is 4.79 Å². The molecule has 0 saturated carbocycles. The topological polar surface area (TPSA) is 45.7 Å². The van der Waals surface area contributed by atoms with E-state index in [0.29, 0.717) is 19.1 Å². The molecule has 5 nitrogen and oxygen atoms in total. The van der Waals surface area contributed by atoms with Crippen LogP contribution >= 0.6 is 22.9 Å². The summed E-state index contributed by atoms with van der Waals surface area (Å²) in [7, 11) is 0. The van der Waals surface area contributed by atoms with Gasteiger partial charge in [0.25, 0.3) is 0 Å². The zero-order valence-corrected chi connectivity index (χ0v) is 16.8. The molecule has 1 amide bonds. The Morgan fingerprint density at radius 3 is 2.67 bits per heavy atom. The van der Waals surface area contributed by atoms with Crippen LogP contribution in [-0.4, -0.2) is 60.1 Å². The van der Waals surface area contributed by atoms with Crippen molar-refractivity contribution in [3.8, 4) is 10.6 Å². The number of likely N-dealkylation sites (tertiary alicyclic amines) is 1. The maximum Gasteiger partial charge on any atom is 0.225 e. The molecule has 0 bridgehead atoms. The fourth-order valence-corrected chi connectivity index (χ4v) is 4.88. The first-order valence-corrected chi connectivity index (χ1v) is 10.7. The number of carbonyl (C=O) groups is 1. The van der Waals surface area contributed by atoms with Crippen LogP contribution < -0.4 is 0 Å². The van der Waals surface area contributed by atoms with Gasteiger partial charge in [0.15, 0.2) is 0 Å². The molecule has 0 spiro atoms. The van der Waals surface area contributed by atoms with Crippen LogP contribution in [0, 0.1) is 5.92 Å². The van der Waals surface area contributed by atoms with E-state index >= 15 is 0 Å². The van der Waals surface area contributed by atoms with Crippen LogP contribution in [0.4, 0.5) is 0 Å². The standard InChI is InChI=1S/C20H24ClN3O2S/c21-18-4-2-1-3-17(18)19-22-16(14-27-19)13-23-7-5-15(6-8-23)20(25)24-9-11-26-12-10-24/h1-4,14-15H,5-13H2. The van der Waals surface area contributed by atoms with Crippen molar-refractivity contribution >= 4 is 28.8 Å². The van der Waals surface area contributed by atoms with Crippen molar-refractivity contribution in [1.29, 1.82) is 0 Å². The molecule has 3 heterocycles. The fraction of sp³-hybridized carbons (Fsp3) is 0.500. The summed E-state index contributed by atoms with van der Waals surface area (Å²) in [5.74, 6) is 0.473. The van der Waals surface area contributed by atoms with Crippen molar-refractivity contribution in [2.75, 3.05) is 39.4 Å². The number of hydrogen-bond donors (Lipinski definition) is 0. The van der Waals surface area contributed by atoms with E-state index in [2.05, 4.69) is 10.3 Å². The predicted molar refractivity (Wildman–Crippen MR) is 108 cm³/mol. The summed E-state index contributed by atoms with van der Waals surface area (Å²) in [6, 6.07) is 7.82. The molecule has 0 atom stereocenters. The summed E-state index contributed by atoms with van der Waals surface area (Å²) < 4.78 is 5.35. The van der Waals surface area contributed by atoms with E-state index in [0.717, 1.165) is 66.9 Å². The molecule has 0 aliphatic carbocycles. The normalized spacial score (nSPS) is 19.4. The average Bonchev–Trinajstić information content (AvgIpc) is 3.17. The van der Waals surface area contributed by atoms with Gasteiger partial charge in [0.2, 0.25) is 5.91 Å². The fourth-order valence-electron chi connectivity index (χ4n) is 3.75. The Labute approximate surface area is 168 Å². The van der Waals surface area contributed by atoms with Crippen LogP contribution in [0.25, 0.3) is 10.6 Å². The number of nitrogens with zero attached hydrogens (tertiary/aromatic N) is 3. The molecule has 0 N–H and O–H groups in total. The van der Waals surface area contributed by atoms with Gasteiger partial charge in [0, 0.05) is 36.5 Å². The van der Waals surface area contributed by atoms with E-state index < -0.39 is 0 Å². The zero-order chi connectivity index (χ0) is 18.6. The highest BCUT2D eigenvalue weighted by Gasteiger charge is 2.29. The van der Waals surface area contributed by atoms with Gasteiger partial charge in [-0.2, -0.15) is 0 Å². The quantitative estimate of drug-likeness (QED) is 0.780. The second-order valence-corrected chi connectivity index (χ2v) is 8.38. The Balaban J connectivity index is 1.31. The number of hydrogen-bond acceptors (Lipinski definition) is 5. The summed E-state index contributed by atoms with van der Waals surface area (Å²) in [5.41, 5.74) is 2.07. The highest BCUT2D eigenvalue weighted by Crippen LogP contribution is 2.30. The number of carbonyl (C=O) groups excluding carboxylic acids is 1. The molecule has 0 radical (unpaired) electrons. The minimum Gasteiger partial charge on any atom is -0.378 e. The molecule has 0 unspecified atom stereocenters. The first-order chi connectivity index (χ1) is 13.2. The van der Waals surface area contributed by atoms with Gasteiger partial charge in [-0.25, -0.2) is 4.98 Å². The smallest absolute Gasteiger partial charge is 0.225 e. The average molecular weight is 406 g/mol. The van der Waals surface area contributed by atoms with Crippen LogP contribution in [0.2, 0.25) is 5.02 Å². The third kappa shape index (κ3) is 4.51. The van der Waals surface area contributed by atoms with E-state index in [1.54, 1.807) is 11.3 Å². The minimum absolute atomic E-state index is 0.161. The second-order valence-electron chi connectivity index (χ2n) is 7.11. The molecule has 2 aliphatic rings. The molecule has 2 aromatic rings. The van der Waals surface area contributed by atoms with E-state index in [1.165, 1.54) is 0 Å². The summed E-state index contributed by atoms with van der Waals surface area (Å²) in [4.78, 5) is 21.8. The van der Waals surface area contributed by atoms with Gasteiger partial charge in [0.1, 0.15) is 5.01 Å². The van der Waals surface area contributed by atoms with Gasteiger partial charge in [-0.05, 0) is 32.0 Å². The zero-order valence-electron chi connectivity index (χ0n) is 15.3. The lowest BCUT2D eigenvalue weighted by Crippen LogP contribution is -2.46. The summed E-state index contributed by atoms with van der Waals surface area (Å²) >= 11 is 7.92. The number of morpholine rings is 1. The van der Waals surface area contributed by atoms with Crippen molar-refractivity contribution in [1.82, 2.24) is 14.8 Å². The van der Waals surface area contributed by atoms with Crippen LogP contribution in [0.1, 0.15) is 18.5 Å². The predicted octanol–water partition coefficient (Wildman–Crippen LogP) is 3.53. The number of ether oxygens (including phenoxy) is 1. The first kappa shape index (κ1) is 18.9. The number of rotatable bonds is 4. The van der Waals surface area contributed by atoms with Gasteiger partial charge in [-0.3, -0.25) is 9.69 Å². The van der Waals surface area contributed by atoms with Crippen molar-refractivity contribution < 1.29 is 9.53 Å². The largest absolute Gasteiger partial charge is 0.378 e. The Morgan fingerprint density at radius 1 is 1.19 bits per heavy atom. The SMILES string of the molecule is O=C(C1CCN(Cc2csc(-c3ccccc3Cl)n2)CC1)N1CCOCC1. The maximum atomic E-state index is 12.6. The van der Waals surface area contributed by atoms with Crippen LogP contribution in [0.5, 0.6) is 0 Å². The van der Waals surface area contributed by atoms with Crippen LogP contribution in [0.15, 0.2) is 29.6 Å². The molecule has 2 saturated heterocycles. The van der Waals surface area contributed by atoms with Crippen molar-refractivity contribution in [2.24, 2.45) is 5.92 Å². The van der Waals surface area contributed by atoms with Crippen LogP contribution in [0.3, 0.4) is 0 Å². The molecule has 144 valence electrons. The summed E-state index contributed by atoms with van der Waals surface area (Å²) in [5, 5.41) is 3.82. The molecular weight excluding hydrogens is 382 g/mol. The number of piperidine rings is 1. The third-order valence-corrected chi connectivity index (χ3v) is 6.56. The van der Waals surface area contributed by atoms with E-state index in [1.807, 2.05) is 29.2 Å². The number of aromatic nitrogens is 1. The maximum absolute atomic E-state index is 12.6. The third-order valence-electron chi connectivity index (χ3n) is 5.30. The van der Waals surface area contributed by atoms with E-state index in [-0.39, 0.29) is 5.92 Å². The van der Waals surface area contributed by atoms with Crippen LogP contribution in [-0.2, 0) is 16.1 Å². The molecule has 2 fully saturated rings. The molecule has 1 aromatic carbocycles. The van der Waals surface area contributed by atoms with Gasteiger partial charge < -0.3 is 9.64 Å². The number of halogens is 1. The number of amides is 1. The number of thiazole rings is 1. The summed E-state index contributed by atoms with van der Waals surface area (Å²) in [6.45, 7) is 5.54. The Morgan fingerprint density at radius 2 is 1.93 bits per heavy atom. The number of benzene rings is 1. The highest BCUT2D eigenvalue weighted by molar-refractivity contribution is 7.13. The highest BCUT2D eigenvalue weighted by atomic mass is 35.5. The minimum atomic E-state index is 0.161. The molecule has 4 rings (SSSR count). The molecule has 7 heteroatoms. The lowest BCUT2D eigenvalue weighted by Gasteiger charge is -2.35.